The van der Waals surface area contributed by atoms with E-state index in [4.69, 9.17) is 9.47 Å². The van der Waals surface area contributed by atoms with Gasteiger partial charge in [-0.1, -0.05) is 0 Å². The fourth-order valence-electron chi connectivity index (χ4n) is 5.29. The minimum Gasteiger partial charge on any atom is -0.375 e. The topological polar surface area (TPSA) is 101 Å². The molecule has 3 aliphatic heterocycles. The highest BCUT2D eigenvalue weighted by molar-refractivity contribution is 6.00. The van der Waals surface area contributed by atoms with Crippen LogP contribution in [0.4, 0.5) is 11.6 Å². The molecule has 9 nitrogen and oxygen atoms in total. The van der Waals surface area contributed by atoms with Crippen molar-refractivity contribution < 1.29 is 9.47 Å². The Hall–Kier alpha value is -2.78. The molecule has 3 aliphatic rings. The van der Waals surface area contributed by atoms with E-state index in [-0.39, 0.29) is 12.2 Å². The van der Waals surface area contributed by atoms with Gasteiger partial charge in [-0.3, -0.25) is 5.10 Å². The summed E-state index contributed by atoms with van der Waals surface area (Å²) in [5.41, 5.74) is 2.53. The van der Waals surface area contributed by atoms with Gasteiger partial charge in [0, 0.05) is 24.8 Å². The monoisotopic (exact) mass is 421 g/mol. The van der Waals surface area contributed by atoms with E-state index < -0.39 is 0 Å². The van der Waals surface area contributed by atoms with E-state index in [1.165, 1.54) is 0 Å². The summed E-state index contributed by atoms with van der Waals surface area (Å²) in [6.45, 7) is 5.91. The van der Waals surface area contributed by atoms with Crippen molar-refractivity contribution in [3.63, 3.8) is 0 Å². The lowest BCUT2D eigenvalue weighted by Gasteiger charge is -2.33. The zero-order valence-electron chi connectivity index (χ0n) is 17.8. The number of aromatic nitrogens is 5. The van der Waals surface area contributed by atoms with Gasteiger partial charge >= 0.3 is 0 Å². The Balaban J connectivity index is 1.34. The standard InChI is InChI=1S/C22H27N7O2/c1-12-5-14(6-13(2)31-12)26-22-20-17(3-4-23-22)27-28-21(20)18-8-19(25-11-24-18)29-9-16-7-15(29)10-30-16/h3-4,8,11-16H,5-7,9-10H2,1-2H3,(H,23,26)(H,27,28)/t12-,13+,14?,15-,16-/m0/s1. The maximum Gasteiger partial charge on any atom is 0.137 e. The number of H-pyrrole nitrogens is 1. The largest absolute Gasteiger partial charge is 0.375 e. The average molecular weight is 422 g/mol. The number of hydrogen-bond donors (Lipinski definition) is 2. The Kier molecular flexibility index (Phi) is 4.53. The quantitative estimate of drug-likeness (QED) is 0.663. The van der Waals surface area contributed by atoms with Crippen LogP contribution >= 0.6 is 0 Å². The molecule has 0 saturated carbocycles. The van der Waals surface area contributed by atoms with Crippen LogP contribution < -0.4 is 10.2 Å². The zero-order chi connectivity index (χ0) is 20.9. The van der Waals surface area contributed by atoms with Crippen LogP contribution in [-0.4, -0.2) is 68.7 Å². The van der Waals surface area contributed by atoms with E-state index in [1.54, 1.807) is 6.33 Å². The highest BCUT2D eigenvalue weighted by Crippen LogP contribution is 2.35. The van der Waals surface area contributed by atoms with Gasteiger partial charge in [0.1, 0.15) is 23.7 Å². The molecule has 0 spiro atoms. The first kappa shape index (κ1) is 18.9. The molecular weight excluding hydrogens is 394 g/mol. The van der Waals surface area contributed by atoms with Crippen LogP contribution in [0.15, 0.2) is 24.7 Å². The summed E-state index contributed by atoms with van der Waals surface area (Å²) in [5.74, 6) is 1.77. The van der Waals surface area contributed by atoms with Gasteiger partial charge in [-0.25, -0.2) is 15.0 Å². The smallest absolute Gasteiger partial charge is 0.137 e. The average Bonchev–Trinajstić information content (AvgIpc) is 3.49. The lowest BCUT2D eigenvalue weighted by Crippen LogP contribution is -2.37. The highest BCUT2D eigenvalue weighted by Gasteiger charge is 2.39. The molecule has 2 bridgehead atoms. The molecule has 3 aromatic heterocycles. The Bertz CT molecular complexity index is 1090. The summed E-state index contributed by atoms with van der Waals surface area (Å²) in [5, 5.41) is 12.4. The second-order valence-corrected chi connectivity index (χ2v) is 8.98. The van der Waals surface area contributed by atoms with Crippen molar-refractivity contribution >= 4 is 22.5 Å². The third-order valence-electron chi connectivity index (χ3n) is 6.60. The minimum absolute atomic E-state index is 0.230. The summed E-state index contributed by atoms with van der Waals surface area (Å²) in [6, 6.07) is 4.69. The number of aromatic amines is 1. The first-order valence-corrected chi connectivity index (χ1v) is 11.1. The van der Waals surface area contributed by atoms with Gasteiger partial charge in [0.15, 0.2) is 0 Å². The van der Waals surface area contributed by atoms with E-state index in [9.17, 15) is 0 Å². The summed E-state index contributed by atoms with van der Waals surface area (Å²) in [4.78, 5) is 16.1. The number of nitrogens with zero attached hydrogens (tertiary/aromatic N) is 5. The molecule has 1 unspecified atom stereocenters. The van der Waals surface area contributed by atoms with Gasteiger partial charge in [0.05, 0.1) is 47.6 Å². The van der Waals surface area contributed by atoms with Crippen LogP contribution in [0.25, 0.3) is 22.3 Å². The fourth-order valence-corrected chi connectivity index (χ4v) is 5.29. The Labute approximate surface area is 180 Å². The second-order valence-electron chi connectivity index (χ2n) is 8.98. The number of fused-ring (bicyclic) bond motifs is 3. The van der Waals surface area contributed by atoms with E-state index in [1.807, 2.05) is 18.3 Å². The maximum atomic E-state index is 5.89. The van der Waals surface area contributed by atoms with Crippen molar-refractivity contribution in [1.82, 2.24) is 25.1 Å². The Morgan fingerprint density at radius 3 is 2.77 bits per heavy atom. The molecule has 9 heteroatoms. The first-order valence-electron chi connectivity index (χ1n) is 11.1. The predicted octanol–water partition coefficient (Wildman–Crippen LogP) is 2.76. The molecule has 0 aromatic carbocycles. The van der Waals surface area contributed by atoms with Crippen molar-refractivity contribution in [1.29, 1.82) is 0 Å². The summed E-state index contributed by atoms with van der Waals surface area (Å²) >= 11 is 0. The summed E-state index contributed by atoms with van der Waals surface area (Å²) < 4.78 is 11.6. The molecule has 31 heavy (non-hydrogen) atoms. The van der Waals surface area contributed by atoms with Crippen molar-refractivity contribution in [3.8, 4) is 11.4 Å². The van der Waals surface area contributed by atoms with Gasteiger partial charge in [0.2, 0.25) is 0 Å². The van der Waals surface area contributed by atoms with Crippen molar-refractivity contribution in [2.24, 2.45) is 0 Å². The maximum absolute atomic E-state index is 5.89. The van der Waals surface area contributed by atoms with Crippen LogP contribution in [0.5, 0.6) is 0 Å². The molecule has 6 heterocycles. The van der Waals surface area contributed by atoms with Gasteiger partial charge in [-0.05, 0) is 39.2 Å². The normalized spacial score (nSPS) is 30.3. The molecule has 6 rings (SSSR count). The number of hydrogen-bond acceptors (Lipinski definition) is 8. The van der Waals surface area contributed by atoms with E-state index >= 15 is 0 Å². The predicted molar refractivity (Wildman–Crippen MR) is 117 cm³/mol. The number of pyridine rings is 1. The van der Waals surface area contributed by atoms with Crippen LogP contribution in [0, 0.1) is 0 Å². The number of anilines is 2. The van der Waals surface area contributed by atoms with E-state index in [0.717, 1.165) is 66.3 Å². The van der Waals surface area contributed by atoms with Crippen LogP contribution in [-0.2, 0) is 9.47 Å². The van der Waals surface area contributed by atoms with Crippen molar-refractivity contribution in [3.05, 3.63) is 24.7 Å². The SMILES string of the molecule is C[C@@H]1CC(Nc2nccc3[nH]nc(-c4cc(N5C[C@@H]6C[C@H]5CO6)ncn4)c23)C[C@H](C)O1. The van der Waals surface area contributed by atoms with E-state index in [2.05, 4.69) is 49.2 Å². The van der Waals surface area contributed by atoms with E-state index in [0.29, 0.717) is 18.2 Å². The molecule has 162 valence electrons. The lowest BCUT2D eigenvalue weighted by molar-refractivity contribution is -0.0338. The van der Waals surface area contributed by atoms with Crippen molar-refractivity contribution in [2.75, 3.05) is 23.4 Å². The summed E-state index contributed by atoms with van der Waals surface area (Å²) in [7, 11) is 0. The van der Waals surface area contributed by atoms with Crippen LogP contribution in [0.3, 0.4) is 0 Å². The molecule has 0 radical (unpaired) electrons. The fraction of sp³-hybridized carbons (Fsp3) is 0.545. The number of ether oxygens (including phenoxy) is 2. The van der Waals surface area contributed by atoms with Crippen molar-refractivity contribution in [2.45, 2.75) is 63.5 Å². The summed E-state index contributed by atoms with van der Waals surface area (Å²) in [6.07, 6.45) is 7.19. The lowest BCUT2D eigenvalue weighted by atomic mass is 9.99. The van der Waals surface area contributed by atoms with Crippen LogP contribution in [0.1, 0.15) is 33.1 Å². The minimum atomic E-state index is 0.230. The molecule has 3 saturated heterocycles. The molecule has 3 fully saturated rings. The third-order valence-corrected chi connectivity index (χ3v) is 6.60. The Morgan fingerprint density at radius 2 is 2.00 bits per heavy atom. The second kappa shape index (κ2) is 7.42. The molecular formula is C22H27N7O2. The van der Waals surface area contributed by atoms with Crippen LogP contribution in [0.2, 0.25) is 0 Å². The molecule has 3 aromatic rings. The molecule has 2 N–H and O–H groups in total. The molecule has 5 atom stereocenters. The highest BCUT2D eigenvalue weighted by atomic mass is 16.5. The first-order chi connectivity index (χ1) is 15.1. The number of nitrogens with one attached hydrogen (secondary N) is 2. The molecule has 0 amide bonds. The molecule has 0 aliphatic carbocycles. The zero-order valence-corrected chi connectivity index (χ0v) is 17.8. The Morgan fingerprint density at radius 1 is 1.13 bits per heavy atom. The number of morpholine rings is 1. The number of rotatable bonds is 4. The van der Waals surface area contributed by atoms with Gasteiger partial charge < -0.3 is 19.7 Å². The van der Waals surface area contributed by atoms with Gasteiger partial charge in [0.25, 0.3) is 0 Å². The van der Waals surface area contributed by atoms with Gasteiger partial charge in [-0.15, -0.1) is 0 Å². The third kappa shape index (κ3) is 3.41. The van der Waals surface area contributed by atoms with Gasteiger partial charge in [-0.2, -0.15) is 5.10 Å².